The zero-order valence-corrected chi connectivity index (χ0v) is 11.4. The highest BCUT2D eigenvalue weighted by Crippen LogP contribution is 2.14. The molecule has 17 heavy (non-hydrogen) atoms. The van der Waals surface area contributed by atoms with Crippen molar-refractivity contribution in [2.45, 2.75) is 19.9 Å². The van der Waals surface area contributed by atoms with Gasteiger partial charge in [-0.1, -0.05) is 6.07 Å². The molecule has 2 rings (SSSR count). The van der Waals surface area contributed by atoms with Crippen LogP contribution in [-0.4, -0.2) is 21.9 Å². The van der Waals surface area contributed by atoms with Gasteiger partial charge < -0.3 is 4.74 Å². The van der Waals surface area contributed by atoms with Crippen molar-refractivity contribution in [1.82, 2.24) is 14.8 Å². The highest BCUT2D eigenvalue weighted by molar-refractivity contribution is 9.10. The van der Waals surface area contributed by atoms with Gasteiger partial charge in [0, 0.05) is 30.9 Å². The second kappa shape index (κ2) is 5.31. The van der Waals surface area contributed by atoms with E-state index in [0.29, 0.717) is 5.88 Å². The average Bonchev–Trinajstić information content (AvgIpc) is 2.67. The first-order chi connectivity index (χ1) is 8.19. The molecule has 4 nitrogen and oxygen atoms in total. The minimum atomic E-state index is 0.653. The highest BCUT2D eigenvalue weighted by atomic mass is 79.9. The summed E-state index contributed by atoms with van der Waals surface area (Å²) in [6, 6.07) is 5.79. The van der Waals surface area contributed by atoms with E-state index in [9.17, 15) is 0 Å². The third-order valence-corrected chi connectivity index (χ3v) is 3.25. The first kappa shape index (κ1) is 12.1. The Hall–Kier alpha value is -1.36. The highest BCUT2D eigenvalue weighted by Gasteiger charge is 2.02. The van der Waals surface area contributed by atoms with Crippen LogP contribution in [0.5, 0.6) is 5.88 Å². The van der Waals surface area contributed by atoms with Crippen LogP contribution in [0.4, 0.5) is 0 Å². The first-order valence-corrected chi connectivity index (χ1v) is 6.18. The Labute approximate surface area is 109 Å². The van der Waals surface area contributed by atoms with E-state index < -0.39 is 0 Å². The molecule has 2 aromatic heterocycles. The quantitative estimate of drug-likeness (QED) is 0.870. The number of aromatic nitrogens is 3. The van der Waals surface area contributed by atoms with Gasteiger partial charge in [0.15, 0.2) is 0 Å². The van der Waals surface area contributed by atoms with E-state index in [1.165, 1.54) is 0 Å². The summed E-state index contributed by atoms with van der Waals surface area (Å²) >= 11 is 3.45. The Kier molecular flexibility index (Phi) is 3.78. The molecule has 0 saturated heterocycles. The van der Waals surface area contributed by atoms with E-state index in [1.54, 1.807) is 7.11 Å². The Morgan fingerprint density at radius 3 is 2.88 bits per heavy atom. The molecular formula is C12H14BrN3O. The van der Waals surface area contributed by atoms with Gasteiger partial charge >= 0.3 is 0 Å². The maximum Gasteiger partial charge on any atom is 0.213 e. The van der Waals surface area contributed by atoms with E-state index in [0.717, 1.165) is 28.8 Å². The summed E-state index contributed by atoms with van der Waals surface area (Å²) in [4.78, 5) is 4.36. The van der Waals surface area contributed by atoms with E-state index in [4.69, 9.17) is 4.74 Å². The normalized spacial score (nSPS) is 10.5. The van der Waals surface area contributed by atoms with Crippen molar-refractivity contribution < 1.29 is 4.74 Å². The third kappa shape index (κ3) is 3.06. The molecule has 0 atom stereocenters. The lowest BCUT2D eigenvalue weighted by molar-refractivity contribution is 0.395. The van der Waals surface area contributed by atoms with Gasteiger partial charge in [0.05, 0.1) is 17.3 Å². The lowest BCUT2D eigenvalue weighted by Crippen LogP contribution is -2.03. The van der Waals surface area contributed by atoms with Crippen LogP contribution in [0.25, 0.3) is 0 Å². The summed E-state index contributed by atoms with van der Waals surface area (Å²) in [6.45, 7) is 2.79. The van der Waals surface area contributed by atoms with Crippen molar-refractivity contribution in [3.8, 4) is 5.88 Å². The van der Waals surface area contributed by atoms with Crippen LogP contribution in [0.1, 0.15) is 11.4 Å². The van der Waals surface area contributed by atoms with Crippen LogP contribution in [0, 0.1) is 6.92 Å². The minimum absolute atomic E-state index is 0.653. The van der Waals surface area contributed by atoms with Crippen molar-refractivity contribution >= 4 is 15.9 Å². The van der Waals surface area contributed by atoms with Crippen LogP contribution in [-0.2, 0) is 13.0 Å². The fourth-order valence-electron chi connectivity index (χ4n) is 1.55. The van der Waals surface area contributed by atoms with Gasteiger partial charge in [-0.05, 0) is 28.9 Å². The fourth-order valence-corrected chi connectivity index (χ4v) is 1.86. The number of hydrogen-bond donors (Lipinski definition) is 0. The summed E-state index contributed by atoms with van der Waals surface area (Å²) in [5.74, 6) is 0.653. The van der Waals surface area contributed by atoms with Crippen molar-refractivity contribution in [2.75, 3.05) is 7.11 Å². The standard InChI is InChI=1S/C12H14BrN3O/c1-9-11(13)8-16(15-9)7-6-10-4-3-5-12(14-10)17-2/h3-5,8H,6-7H2,1-2H3. The number of methoxy groups -OCH3 is 1. The van der Waals surface area contributed by atoms with Crippen molar-refractivity contribution in [3.63, 3.8) is 0 Å². The number of aryl methyl sites for hydroxylation is 3. The van der Waals surface area contributed by atoms with Gasteiger partial charge in [-0.15, -0.1) is 0 Å². The number of hydrogen-bond acceptors (Lipinski definition) is 3. The minimum Gasteiger partial charge on any atom is -0.481 e. The van der Waals surface area contributed by atoms with Crippen LogP contribution in [0.15, 0.2) is 28.9 Å². The van der Waals surface area contributed by atoms with Crippen LogP contribution in [0.3, 0.4) is 0 Å². The van der Waals surface area contributed by atoms with Gasteiger partial charge in [-0.3, -0.25) is 4.68 Å². The van der Waals surface area contributed by atoms with Crippen LogP contribution < -0.4 is 4.74 Å². The second-order valence-electron chi connectivity index (χ2n) is 3.75. The molecule has 0 aliphatic rings. The molecule has 0 unspecified atom stereocenters. The summed E-state index contributed by atoms with van der Waals surface area (Å²) in [5.41, 5.74) is 2.01. The fraction of sp³-hybridized carbons (Fsp3) is 0.333. The molecule has 0 aliphatic carbocycles. The topological polar surface area (TPSA) is 39.9 Å². The van der Waals surface area contributed by atoms with Gasteiger partial charge in [0.1, 0.15) is 0 Å². The van der Waals surface area contributed by atoms with Crippen molar-refractivity contribution in [3.05, 3.63) is 40.3 Å². The van der Waals surface area contributed by atoms with E-state index in [-0.39, 0.29) is 0 Å². The second-order valence-corrected chi connectivity index (χ2v) is 4.60. The Morgan fingerprint density at radius 2 is 2.24 bits per heavy atom. The predicted molar refractivity (Wildman–Crippen MR) is 69.2 cm³/mol. The summed E-state index contributed by atoms with van der Waals surface area (Å²) in [5, 5.41) is 4.38. The number of pyridine rings is 1. The molecule has 2 heterocycles. The van der Waals surface area contributed by atoms with Crippen LogP contribution in [0.2, 0.25) is 0 Å². The molecule has 0 aliphatic heterocycles. The molecule has 0 aromatic carbocycles. The molecule has 0 radical (unpaired) electrons. The first-order valence-electron chi connectivity index (χ1n) is 5.38. The van der Waals surface area contributed by atoms with E-state index >= 15 is 0 Å². The largest absolute Gasteiger partial charge is 0.481 e. The zero-order chi connectivity index (χ0) is 12.3. The number of halogens is 1. The van der Waals surface area contributed by atoms with Gasteiger partial charge in [-0.2, -0.15) is 5.10 Å². The van der Waals surface area contributed by atoms with Gasteiger partial charge in [-0.25, -0.2) is 4.98 Å². The summed E-state index contributed by atoms with van der Waals surface area (Å²) in [6.07, 6.45) is 2.82. The van der Waals surface area contributed by atoms with Crippen LogP contribution >= 0.6 is 15.9 Å². The lowest BCUT2D eigenvalue weighted by Gasteiger charge is -2.03. The molecule has 90 valence electrons. The lowest BCUT2D eigenvalue weighted by atomic mass is 10.3. The van der Waals surface area contributed by atoms with Crippen molar-refractivity contribution in [1.29, 1.82) is 0 Å². The Bertz CT molecular complexity index is 491. The molecular weight excluding hydrogens is 282 g/mol. The maximum absolute atomic E-state index is 5.09. The van der Waals surface area contributed by atoms with Gasteiger partial charge in [0.2, 0.25) is 5.88 Å². The predicted octanol–water partition coefficient (Wildman–Crippen LogP) is 2.60. The molecule has 0 N–H and O–H groups in total. The number of rotatable bonds is 4. The van der Waals surface area contributed by atoms with E-state index in [2.05, 4.69) is 26.0 Å². The smallest absolute Gasteiger partial charge is 0.213 e. The Balaban J connectivity index is 2.01. The molecule has 0 amide bonds. The summed E-state index contributed by atoms with van der Waals surface area (Å²) in [7, 11) is 1.63. The molecule has 2 aromatic rings. The zero-order valence-electron chi connectivity index (χ0n) is 9.85. The SMILES string of the molecule is COc1cccc(CCn2cc(Br)c(C)n2)n1. The van der Waals surface area contributed by atoms with E-state index in [1.807, 2.05) is 36.0 Å². The molecule has 0 spiro atoms. The molecule has 0 bridgehead atoms. The van der Waals surface area contributed by atoms with Gasteiger partial charge in [0.25, 0.3) is 0 Å². The molecule has 5 heteroatoms. The Morgan fingerprint density at radius 1 is 1.41 bits per heavy atom. The molecule has 0 fully saturated rings. The monoisotopic (exact) mass is 295 g/mol. The molecule has 0 saturated carbocycles. The number of nitrogens with zero attached hydrogens (tertiary/aromatic N) is 3. The third-order valence-electron chi connectivity index (χ3n) is 2.47. The average molecular weight is 296 g/mol. The number of ether oxygens (including phenoxy) is 1. The summed E-state index contributed by atoms with van der Waals surface area (Å²) < 4.78 is 8.04. The van der Waals surface area contributed by atoms with Crippen molar-refractivity contribution in [2.24, 2.45) is 0 Å². The maximum atomic E-state index is 5.09.